The second-order valence-electron chi connectivity index (χ2n) is 6.98. The number of fused-ring (bicyclic) bond motifs is 1. The molecule has 1 saturated heterocycles. The van der Waals surface area contributed by atoms with Crippen molar-refractivity contribution in [2.45, 2.75) is 65.0 Å². The molecule has 0 aliphatic carbocycles. The Bertz CT molecular complexity index is 1090. The average Bonchev–Trinajstić information content (AvgIpc) is 3.44. The van der Waals surface area contributed by atoms with E-state index in [0.29, 0.717) is 6.61 Å². The van der Waals surface area contributed by atoms with Crippen LogP contribution in [0.2, 0.25) is 5.15 Å². The largest absolute Gasteiger partial charge is 0.463 e. The molecule has 1 aliphatic rings. The van der Waals surface area contributed by atoms with E-state index in [2.05, 4.69) is 15.0 Å². The molecule has 0 radical (unpaired) electrons. The zero-order chi connectivity index (χ0) is 26.2. The highest BCUT2D eigenvalue weighted by atomic mass is 35.5. The highest BCUT2D eigenvalue weighted by Crippen LogP contribution is 2.36. The van der Waals surface area contributed by atoms with Gasteiger partial charge in [0, 0.05) is 24.8 Å². The molecule has 0 aromatic carbocycles. The van der Waals surface area contributed by atoms with Gasteiger partial charge < -0.3 is 23.7 Å². The number of rotatable bonds is 9. The third kappa shape index (κ3) is 5.88. The quantitative estimate of drug-likeness (QED) is 0.222. The van der Waals surface area contributed by atoms with Crippen LogP contribution in [0.25, 0.3) is 11.2 Å². The minimum absolute atomic E-state index is 0.000980. The number of esters is 3. The van der Waals surface area contributed by atoms with Crippen molar-refractivity contribution in [3.63, 3.8) is 0 Å². The third-order valence-electron chi connectivity index (χ3n) is 4.59. The average molecular weight is 488 g/mol. The maximum Gasteiger partial charge on any atom is 0.319 e. The lowest BCUT2D eigenvalue weighted by molar-refractivity contribution is -0.166. The molecule has 13 heteroatoms. The summed E-state index contributed by atoms with van der Waals surface area (Å²) < 4.78 is 50.3. The lowest BCUT2D eigenvalue weighted by Gasteiger charge is -2.23. The van der Waals surface area contributed by atoms with Crippen LogP contribution in [0.15, 0.2) is 6.33 Å². The third-order valence-corrected chi connectivity index (χ3v) is 4.85. The highest BCUT2D eigenvalue weighted by Gasteiger charge is 2.51. The molecule has 3 rings (SSSR count). The van der Waals surface area contributed by atoms with Crippen LogP contribution in [-0.2, 0) is 33.3 Å². The molecule has 3 heterocycles. The summed E-state index contributed by atoms with van der Waals surface area (Å²) in [5, 5.41) is 0.000980. The van der Waals surface area contributed by atoms with Gasteiger partial charge in [-0.05, 0) is 6.42 Å². The first kappa shape index (κ1) is 20.6. The van der Waals surface area contributed by atoms with Gasteiger partial charge >= 0.3 is 23.9 Å². The molecule has 0 N–H and O–H groups in total. The zero-order valence-electron chi connectivity index (χ0n) is 20.8. The molecule has 0 spiro atoms. The molecule has 0 saturated carbocycles. The zero-order valence-corrected chi connectivity index (χ0v) is 18.5. The Morgan fingerprint density at radius 3 is 2.58 bits per heavy atom. The predicted octanol–water partition coefficient (Wildman–Crippen LogP) is 1.98. The van der Waals surface area contributed by atoms with Crippen LogP contribution in [0.3, 0.4) is 0 Å². The highest BCUT2D eigenvalue weighted by molar-refractivity contribution is 6.33. The Kier molecular flexibility index (Phi) is 6.71. The summed E-state index contributed by atoms with van der Waals surface area (Å²) in [6.07, 6.45) is -2.03. The van der Waals surface area contributed by atoms with Gasteiger partial charge in [-0.1, -0.05) is 24.9 Å². The molecule has 0 bridgehead atoms. The number of aromatic nitrogens is 4. The number of carbonyl (C=O) groups excluding carboxylic acids is 3. The van der Waals surface area contributed by atoms with Crippen molar-refractivity contribution in [3.8, 4) is 6.01 Å². The number of nitrogens with zero attached hydrogens (tertiary/aromatic N) is 4. The summed E-state index contributed by atoms with van der Waals surface area (Å²) in [7, 11) is 0. The number of imidazole rings is 1. The first-order chi connectivity index (χ1) is 17.3. The topological polar surface area (TPSA) is 141 Å². The smallest absolute Gasteiger partial charge is 0.319 e. The van der Waals surface area contributed by atoms with Gasteiger partial charge in [-0.3, -0.25) is 19.0 Å². The van der Waals surface area contributed by atoms with Gasteiger partial charge in [0.25, 0.3) is 0 Å². The number of hydrogen-bond donors (Lipinski definition) is 0. The van der Waals surface area contributed by atoms with Crippen molar-refractivity contribution in [2.75, 3.05) is 13.2 Å². The fourth-order valence-electron chi connectivity index (χ4n) is 3.23. The molecular formula is C20H25ClN4O8. The van der Waals surface area contributed by atoms with Crippen molar-refractivity contribution in [1.29, 1.82) is 0 Å². The van der Waals surface area contributed by atoms with Gasteiger partial charge in [0.05, 0.1) is 12.9 Å². The molecule has 2 aromatic rings. The second-order valence-corrected chi connectivity index (χ2v) is 7.34. The number of ether oxygens (including phenoxy) is 5. The molecule has 1 unspecified atom stereocenters. The Morgan fingerprint density at radius 2 is 1.88 bits per heavy atom. The second kappa shape index (κ2) is 10.8. The molecule has 1 fully saturated rings. The van der Waals surface area contributed by atoms with E-state index in [-0.39, 0.29) is 22.3 Å². The van der Waals surface area contributed by atoms with Crippen LogP contribution in [0, 0.1) is 0 Å². The summed E-state index contributed by atoms with van der Waals surface area (Å²) in [6.45, 7) is -0.193. The molecule has 12 nitrogen and oxygen atoms in total. The molecule has 0 amide bonds. The van der Waals surface area contributed by atoms with E-state index in [9.17, 15) is 14.4 Å². The van der Waals surface area contributed by atoms with E-state index in [1.54, 1.807) is 0 Å². The van der Waals surface area contributed by atoms with E-state index in [0.717, 1.165) is 12.8 Å². The number of unbranched alkanes of at least 4 members (excludes halogenated alkanes) is 1. The van der Waals surface area contributed by atoms with Gasteiger partial charge in [0.2, 0.25) is 0 Å². The van der Waals surface area contributed by atoms with Gasteiger partial charge in [0.15, 0.2) is 29.2 Å². The predicted molar refractivity (Wildman–Crippen MR) is 112 cm³/mol. The van der Waals surface area contributed by atoms with E-state index in [4.69, 9.17) is 39.4 Å². The van der Waals surface area contributed by atoms with Crippen LogP contribution in [0.5, 0.6) is 6.01 Å². The van der Waals surface area contributed by atoms with Crippen molar-refractivity contribution < 1.29 is 42.2 Å². The van der Waals surface area contributed by atoms with Crippen LogP contribution in [-0.4, -0.2) is 69.0 Å². The van der Waals surface area contributed by atoms with Gasteiger partial charge in [-0.25, -0.2) is 4.98 Å². The summed E-state index contributed by atoms with van der Waals surface area (Å²) in [5.74, 6) is -2.74. The van der Waals surface area contributed by atoms with Crippen LogP contribution >= 0.6 is 11.6 Å². The summed E-state index contributed by atoms with van der Waals surface area (Å²) >= 11 is 6.26. The number of hydrogen-bond acceptors (Lipinski definition) is 11. The molecule has 180 valence electrons. The van der Waals surface area contributed by atoms with Crippen molar-refractivity contribution in [2.24, 2.45) is 0 Å². The first-order valence-electron chi connectivity index (χ1n) is 12.1. The van der Waals surface area contributed by atoms with E-state index in [1.165, 1.54) is 10.9 Å². The molecule has 1 aliphatic heterocycles. The van der Waals surface area contributed by atoms with E-state index >= 15 is 0 Å². The minimum atomic E-state index is -1.33. The first-order valence-corrected chi connectivity index (χ1v) is 10.3. The van der Waals surface area contributed by atoms with Gasteiger partial charge in [-0.15, -0.1) is 0 Å². The van der Waals surface area contributed by atoms with Crippen LogP contribution in [0.1, 0.15) is 50.8 Å². The lowest BCUT2D eigenvalue weighted by Crippen LogP contribution is -2.40. The maximum atomic E-state index is 12.1. The van der Waals surface area contributed by atoms with E-state index in [1.807, 2.05) is 6.92 Å². The Labute approximate surface area is 198 Å². The Morgan fingerprint density at radius 1 is 1.15 bits per heavy atom. The summed E-state index contributed by atoms with van der Waals surface area (Å²) in [6, 6.07) is -0.0153. The van der Waals surface area contributed by atoms with Crippen molar-refractivity contribution >= 4 is 40.7 Å². The van der Waals surface area contributed by atoms with Crippen molar-refractivity contribution in [1.82, 2.24) is 19.5 Å². The Hall–Kier alpha value is -2.99. The number of carbonyl (C=O) groups is 3. The molecule has 4 atom stereocenters. The van der Waals surface area contributed by atoms with Crippen LogP contribution < -0.4 is 4.74 Å². The molecular weight excluding hydrogens is 460 g/mol. The van der Waals surface area contributed by atoms with Crippen LogP contribution in [0.4, 0.5) is 0 Å². The van der Waals surface area contributed by atoms with Crippen molar-refractivity contribution in [3.05, 3.63) is 11.5 Å². The number of halogens is 1. The fraction of sp³-hybridized carbons (Fsp3) is 0.600. The summed E-state index contributed by atoms with van der Waals surface area (Å²) in [5.41, 5.74) is 0.352. The lowest BCUT2D eigenvalue weighted by atomic mass is 10.1. The van der Waals surface area contributed by atoms with Gasteiger partial charge in [0.1, 0.15) is 18.2 Å². The summed E-state index contributed by atoms with van der Waals surface area (Å²) in [4.78, 5) is 48.2. The normalized spacial score (nSPS) is 23.4. The van der Waals surface area contributed by atoms with E-state index < -0.39 is 69.8 Å². The molecule has 2 aromatic heterocycles. The SMILES string of the molecule is [2H]CC(=O)OC[C@H]1OC(n2cnc3c(Cl)nc(OCCCC)nc32)[C@H](OC(=O)C[2H])[C@@H]1OC(=O)C[2H]. The monoisotopic (exact) mass is 487 g/mol. The maximum absolute atomic E-state index is 12.1. The Balaban J connectivity index is 2.01. The fourth-order valence-corrected chi connectivity index (χ4v) is 3.44. The minimum Gasteiger partial charge on any atom is -0.463 e. The van der Waals surface area contributed by atoms with Gasteiger partial charge in [-0.2, -0.15) is 9.97 Å². The molecule has 33 heavy (non-hydrogen) atoms. The standard InChI is InChI=1S/C20H25ClN4O8/c1-5-6-7-29-20-23-17(21)14-18(24-20)25(9-22-14)19-16(32-12(4)28)15(31-11(3)27)13(33-19)8-30-10(2)26/h9,13,15-16,19H,5-8H2,1-4H3/t13-,15-,16-,19?/m1/s1/i2D,3D,4D.